The molecular formula is C50H61N5. The van der Waals surface area contributed by atoms with Crippen LogP contribution in [-0.2, 0) is 25.7 Å². The Balaban J connectivity index is 0.961. The molecule has 0 bridgehead atoms. The van der Waals surface area contributed by atoms with Crippen LogP contribution in [0.2, 0.25) is 0 Å². The van der Waals surface area contributed by atoms with Crippen LogP contribution in [-0.4, -0.2) is 109 Å². The molecule has 1 N–H and O–H groups in total. The Hall–Kier alpha value is -4.10. The Morgan fingerprint density at radius 3 is 1.84 bits per heavy atom. The van der Waals surface area contributed by atoms with E-state index in [0.29, 0.717) is 24.2 Å². The highest BCUT2D eigenvalue weighted by atomic mass is 15.3. The Morgan fingerprint density at radius 2 is 1.15 bits per heavy atom. The molecule has 3 saturated heterocycles. The van der Waals surface area contributed by atoms with Gasteiger partial charge >= 0.3 is 0 Å². The van der Waals surface area contributed by atoms with Gasteiger partial charge in [0.2, 0.25) is 0 Å². The highest BCUT2D eigenvalue weighted by Gasteiger charge is 2.36. The summed E-state index contributed by atoms with van der Waals surface area (Å²) in [5.74, 6) is 0. The zero-order valence-corrected chi connectivity index (χ0v) is 32.8. The average molecular weight is 732 g/mol. The van der Waals surface area contributed by atoms with Crippen molar-refractivity contribution in [3.05, 3.63) is 168 Å². The summed E-state index contributed by atoms with van der Waals surface area (Å²) in [6.07, 6.45) is 7.05. The van der Waals surface area contributed by atoms with E-state index in [4.69, 9.17) is 0 Å². The molecule has 0 saturated carbocycles. The van der Waals surface area contributed by atoms with E-state index in [1.807, 2.05) is 0 Å². The first-order chi connectivity index (χ1) is 27.2. The molecule has 286 valence electrons. The Labute approximate surface area is 331 Å². The molecule has 8 rings (SSSR count). The predicted octanol–water partition coefficient (Wildman–Crippen LogP) is 7.72. The van der Waals surface area contributed by atoms with Crippen LogP contribution in [0.5, 0.6) is 0 Å². The molecule has 0 aromatic heterocycles. The van der Waals surface area contributed by atoms with Gasteiger partial charge < -0.3 is 5.32 Å². The van der Waals surface area contributed by atoms with Gasteiger partial charge in [-0.25, -0.2) is 0 Å². The van der Waals surface area contributed by atoms with Gasteiger partial charge in [0.15, 0.2) is 0 Å². The molecule has 0 aliphatic carbocycles. The third-order valence-electron chi connectivity index (χ3n) is 12.7. The van der Waals surface area contributed by atoms with Crippen LogP contribution < -0.4 is 5.32 Å². The van der Waals surface area contributed by atoms with Gasteiger partial charge in [0.25, 0.3) is 0 Å². The maximum atomic E-state index is 3.71. The molecule has 5 aromatic carbocycles. The first-order valence-corrected chi connectivity index (χ1v) is 21.2. The molecule has 0 amide bonds. The Kier molecular flexibility index (Phi) is 13.2. The van der Waals surface area contributed by atoms with Gasteiger partial charge in [-0.05, 0) is 78.5 Å². The molecule has 5 nitrogen and oxygen atoms in total. The molecule has 5 heteroatoms. The smallest absolute Gasteiger partial charge is 0.0264 e. The first kappa shape index (κ1) is 37.8. The van der Waals surface area contributed by atoms with Crippen molar-refractivity contribution >= 4 is 0 Å². The highest BCUT2D eigenvalue weighted by Crippen LogP contribution is 2.26. The number of nitrogens with one attached hydrogen (secondary N) is 1. The van der Waals surface area contributed by atoms with Crippen LogP contribution >= 0.6 is 0 Å². The van der Waals surface area contributed by atoms with Crippen LogP contribution in [0.4, 0.5) is 0 Å². The number of hydrogen-bond acceptors (Lipinski definition) is 5. The molecular weight excluding hydrogens is 671 g/mol. The van der Waals surface area contributed by atoms with Crippen LogP contribution in [0.1, 0.15) is 35.1 Å². The summed E-state index contributed by atoms with van der Waals surface area (Å²) < 4.78 is 0. The molecule has 0 radical (unpaired) electrons. The maximum absolute atomic E-state index is 3.71. The van der Waals surface area contributed by atoms with Gasteiger partial charge in [-0.3, -0.25) is 19.6 Å². The molecule has 3 aliphatic rings. The van der Waals surface area contributed by atoms with Crippen LogP contribution in [0, 0.1) is 0 Å². The normalized spacial score (nSPS) is 22.1. The number of hydrogen-bond donors (Lipinski definition) is 1. The number of piperazine rings is 2. The van der Waals surface area contributed by atoms with Crippen molar-refractivity contribution in [2.75, 3.05) is 65.4 Å². The van der Waals surface area contributed by atoms with Gasteiger partial charge in [-0.2, -0.15) is 0 Å². The van der Waals surface area contributed by atoms with E-state index in [9.17, 15) is 0 Å². The van der Waals surface area contributed by atoms with Crippen molar-refractivity contribution in [1.29, 1.82) is 0 Å². The van der Waals surface area contributed by atoms with Crippen LogP contribution in [0.15, 0.2) is 146 Å². The van der Waals surface area contributed by atoms with Gasteiger partial charge in [0.05, 0.1) is 0 Å². The monoisotopic (exact) mass is 731 g/mol. The molecule has 5 aromatic rings. The minimum atomic E-state index is 0.493. The SMILES string of the molecule is c1ccc(C[C@H]2CNCCN2CC2CCCN2C[C@H](Cc2ccccc2)N2CCN(CCc3ccc(-c4ccccc4)cc3)[C@@H](Cc3ccccc3)C2)cc1. The molecule has 0 spiro atoms. The van der Waals surface area contributed by atoms with E-state index >= 15 is 0 Å². The summed E-state index contributed by atoms with van der Waals surface area (Å²) in [4.78, 5) is 11.4. The lowest BCUT2D eigenvalue weighted by Gasteiger charge is -2.46. The third-order valence-corrected chi connectivity index (χ3v) is 12.7. The largest absolute Gasteiger partial charge is 0.314 e. The minimum absolute atomic E-state index is 0.493. The summed E-state index contributed by atoms with van der Waals surface area (Å²) in [5, 5.41) is 3.71. The van der Waals surface area contributed by atoms with Crippen molar-refractivity contribution in [1.82, 2.24) is 24.9 Å². The highest BCUT2D eigenvalue weighted by molar-refractivity contribution is 5.63. The Bertz CT molecular complexity index is 1830. The van der Waals surface area contributed by atoms with Crippen molar-refractivity contribution in [2.45, 2.75) is 62.7 Å². The van der Waals surface area contributed by atoms with E-state index in [1.54, 1.807) is 0 Å². The van der Waals surface area contributed by atoms with Crippen molar-refractivity contribution in [3.8, 4) is 11.1 Å². The standard InChI is InChI=1S/C50H61N5/c1-5-14-42(15-6-1)34-48-37-51-28-31-54(48)38-47-22-13-29-53(47)40-50(36-44-18-9-3-10-19-44)55-33-32-52(49(39-55)35-43-16-7-2-8-17-43)30-27-41-23-25-46(26-24-41)45-20-11-4-12-21-45/h1-12,14-21,23-26,47-51H,13,22,27-40H2/t47?,48-,49-,50-/m0/s1. The summed E-state index contributed by atoms with van der Waals surface area (Å²) in [7, 11) is 0. The predicted molar refractivity (Wildman–Crippen MR) is 230 cm³/mol. The number of benzene rings is 5. The maximum Gasteiger partial charge on any atom is 0.0264 e. The molecule has 55 heavy (non-hydrogen) atoms. The molecule has 4 atom stereocenters. The van der Waals surface area contributed by atoms with Crippen molar-refractivity contribution < 1.29 is 0 Å². The summed E-state index contributed by atoms with van der Waals surface area (Å²) in [5.41, 5.74) is 8.38. The second-order valence-electron chi connectivity index (χ2n) is 16.4. The lowest BCUT2D eigenvalue weighted by atomic mass is 9.97. The molecule has 3 fully saturated rings. The van der Waals surface area contributed by atoms with E-state index < -0.39 is 0 Å². The van der Waals surface area contributed by atoms with E-state index in [-0.39, 0.29) is 0 Å². The number of rotatable bonds is 15. The average Bonchev–Trinajstić information content (AvgIpc) is 3.68. The number of nitrogens with zero attached hydrogens (tertiary/aromatic N) is 4. The summed E-state index contributed by atoms with van der Waals surface area (Å²) >= 11 is 0. The van der Waals surface area contributed by atoms with Crippen molar-refractivity contribution in [2.24, 2.45) is 0 Å². The zero-order valence-electron chi connectivity index (χ0n) is 32.8. The van der Waals surface area contributed by atoms with Gasteiger partial charge in [-0.1, -0.05) is 146 Å². The van der Waals surface area contributed by atoms with E-state index in [1.165, 1.54) is 59.3 Å². The van der Waals surface area contributed by atoms with E-state index in [0.717, 1.165) is 78.0 Å². The minimum Gasteiger partial charge on any atom is -0.314 e. The van der Waals surface area contributed by atoms with Gasteiger partial charge in [0, 0.05) is 83.1 Å². The Morgan fingerprint density at radius 1 is 0.527 bits per heavy atom. The van der Waals surface area contributed by atoms with Crippen LogP contribution in [0.25, 0.3) is 11.1 Å². The van der Waals surface area contributed by atoms with Gasteiger partial charge in [-0.15, -0.1) is 0 Å². The molecule has 3 aliphatic heterocycles. The lowest BCUT2D eigenvalue weighted by Crippen LogP contribution is -2.60. The second-order valence-corrected chi connectivity index (χ2v) is 16.4. The molecule has 1 unspecified atom stereocenters. The van der Waals surface area contributed by atoms with Crippen LogP contribution in [0.3, 0.4) is 0 Å². The zero-order chi connectivity index (χ0) is 37.1. The fourth-order valence-electron chi connectivity index (χ4n) is 9.60. The fraction of sp³-hybridized carbons (Fsp3) is 0.400. The van der Waals surface area contributed by atoms with E-state index in [2.05, 4.69) is 171 Å². The second kappa shape index (κ2) is 19.2. The van der Waals surface area contributed by atoms with Crippen molar-refractivity contribution in [3.63, 3.8) is 0 Å². The summed E-state index contributed by atoms with van der Waals surface area (Å²) in [6, 6.07) is 55.9. The molecule has 3 heterocycles. The third kappa shape index (κ3) is 10.4. The first-order valence-electron chi connectivity index (χ1n) is 21.2. The lowest BCUT2D eigenvalue weighted by molar-refractivity contribution is 0.0299. The quantitative estimate of drug-likeness (QED) is 0.119. The summed E-state index contributed by atoms with van der Waals surface area (Å²) in [6.45, 7) is 11.4. The number of likely N-dealkylation sites (tertiary alicyclic amines) is 1. The fourth-order valence-corrected chi connectivity index (χ4v) is 9.60. The van der Waals surface area contributed by atoms with Gasteiger partial charge in [0.1, 0.15) is 0 Å². The topological polar surface area (TPSA) is 25.0 Å².